The van der Waals surface area contributed by atoms with Crippen LogP contribution in [0, 0.1) is 22.6 Å². The van der Waals surface area contributed by atoms with Crippen LogP contribution in [0.15, 0.2) is 12.3 Å². The Morgan fingerprint density at radius 3 is 2.94 bits per heavy atom. The minimum absolute atomic E-state index is 0.0413. The normalized spacial score (nSPS) is 10.8. The largest absolute Gasteiger partial charge is 0.350 e. The van der Waals surface area contributed by atoms with Crippen LogP contribution < -0.4 is 5.32 Å². The number of hydrogen-bond acceptors (Lipinski definition) is 3. The van der Waals surface area contributed by atoms with Gasteiger partial charge in [-0.2, -0.15) is 5.26 Å². The van der Waals surface area contributed by atoms with Gasteiger partial charge in [-0.25, -0.2) is 9.37 Å². The summed E-state index contributed by atoms with van der Waals surface area (Å²) < 4.78 is 12.9. The molecule has 1 aromatic rings. The molecular formula is C11H11ClFN3O. The van der Waals surface area contributed by atoms with Crippen molar-refractivity contribution in [1.82, 2.24) is 10.3 Å². The summed E-state index contributed by atoms with van der Waals surface area (Å²) in [5.74, 6) is -1.19. The zero-order chi connectivity index (χ0) is 13.1. The molecule has 0 unspecified atom stereocenters. The van der Waals surface area contributed by atoms with Crippen molar-refractivity contribution in [3.63, 3.8) is 0 Å². The molecule has 0 aliphatic heterocycles. The first-order valence-electron chi connectivity index (χ1n) is 4.86. The van der Waals surface area contributed by atoms with Crippen LogP contribution >= 0.6 is 11.6 Å². The average Bonchev–Trinajstić information content (AvgIpc) is 2.29. The van der Waals surface area contributed by atoms with Gasteiger partial charge in [0, 0.05) is 6.54 Å². The van der Waals surface area contributed by atoms with Gasteiger partial charge in [-0.3, -0.25) is 4.79 Å². The van der Waals surface area contributed by atoms with E-state index in [-0.39, 0.29) is 17.3 Å². The molecule has 1 rings (SSSR count). The maximum Gasteiger partial charge on any atom is 0.254 e. The van der Waals surface area contributed by atoms with Crippen molar-refractivity contribution in [2.75, 3.05) is 6.54 Å². The molecule has 0 radical (unpaired) electrons. The molecule has 0 saturated heterocycles. The van der Waals surface area contributed by atoms with E-state index in [9.17, 15) is 9.18 Å². The summed E-state index contributed by atoms with van der Waals surface area (Å²) in [6, 6.07) is 3.04. The lowest BCUT2D eigenvalue weighted by atomic mass is 9.96. The molecule has 0 aliphatic carbocycles. The lowest BCUT2D eigenvalue weighted by Crippen LogP contribution is -2.33. The van der Waals surface area contributed by atoms with Crippen LogP contribution in [0.5, 0.6) is 0 Å². The minimum Gasteiger partial charge on any atom is -0.350 e. The molecule has 90 valence electrons. The zero-order valence-corrected chi connectivity index (χ0v) is 10.2. The van der Waals surface area contributed by atoms with E-state index in [2.05, 4.69) is 10.3 Å². The minimum atomic E-state index is -0.692. The van der Waals surface area contributed by atoms with E-state index in [1.54, 1.807) is 13.8 Å². The van der Waals surface area contributed by atoms with Gasteiger partial charge >= 0.3 is 0 Å². The molecule has 0 bridgehead atoms. The predicted octanol–water partition coefficient (Wildman–Crippen LogP) is 2.15. The molecule has 0 aliphatic rings. The fourth-order valence-corrected chi connectivity index (χ4v) is 1.21. The topological polar surface area (TPSA) is 65.8 Å². The fourth-order valence-electron chi connectivity index (χ4n) is 1.02. The Hall–Kier alpha value is -1.67. The Morgan fingerprint density at radius 2 is 2.35 bits per heavy atom. The van der Waals surface area contributed by atoms with Gasteiger partial charge in [-0.05, 0) is 19.9 Å². The second kappa shape index (κ2) is 5.11. The summed E-state index contributed by atoms with van der Waals surface area (Å²) in [6.07, 6.45) is 0.929. The SMILES string of the molecule is CC(C)(C#N)CNC(=O)c1cc(F)cnc1Cl. The number of aromatic nitrogens is 1. The molecule has 0 atom stereocenters. The summed E-state index contributed by atoms with van der Waals surface area (Å²) in [5, 5.41) is 11.2. The quantitative estimate of drug-likeness (QED) is 0.842. The monoisotopic (exact) mass is 255 g/mol. The highest BCUT2D eigenvalue weighted by molar-refractivity contribution is 6.32. The van der Waals surface area contributed by atoms with Crippen LogP contribution in [0.3, 0.4) is 0 Å². The number of pyridine rings is 1. The van der Waals surface area contributed by atoms with Gasteiger partial charge in [-0.1, -0.05) is 11.6 Å². The Balaban J connectivity index is 2.78. The smallest absolute Gasteiger partial charge is 0.254 e. The molecule has 1 amide bonds. The Kier molecular flexibility index (Phi) is 4.02. The van der Waals surface area contributed by atoms with Gasteiger partial charge in [0.1, 0.15) is 11.0 Å². The predicted molar refractivity (Wildman–Crippen MR) is 60.9 cm³/mol. The number of halogens is 2. The van der Waals surface area contributed by atoms with Crippen molar-refractivity contribution in [1.29, 1.82) is 5.26 Å². The molecule has 4 nitrogen and oxygen atoms in total. The summed E-state index contributed by atoms with van der Waals surface area (Å²) in [4.78, 5) is 15.2. The van der Waals surface area contributed by atoms with Crippen LogP contribution in [-0.2, 0) is 0 Å². The molecule has 0 fully saturated rings. The van der Waals surface area contributed by atoms with Crippen molar-refractivity contribution in [2.45, 2.75) is 13.8 Å². The van der Waals surface area contributed by atoms with Gasteiger partial charge in [-0.15, -0.1) is 0 Å². The number of nitrogens with zero attached hydrogens (tertiary/aromatic N) is 2. The average molecular weight is 256 g/mol. The maximum absolute atomic E-state index is 12.9. The third kappa shape index (κ3) is 3.68. The number of amides is 1. The molecular weight excluding hydrogens is 245 g/mol. The van der Waals surface area contributed by atoms with Crippen molar-refractivity contribution in [3.05, 3.63) is 28.8 Å². The highest BCUT2D eigenvalue weighted by Crippen LogP contribution is 2.15. The summed E-state index contributed by atoms with van der Waals surface area (Å²) in [7, 11) is 0. The number of carbonyl (C=O) groups is 1. The van der Waals surface area contributed by atoms with Crippen molar-refractivity contribution >= 4 is 17.5 Å². The number of nitrogens with one attached hydrogen (secondary N) is 1. The molecule has 0 aromatic carbocycles. The van der Waals surface area contributed by atoms with Gasteiger partial charge in [0.05, 0.1) is 23.2 Å². The lowest BCUT2D eigenvalue weighted by molar-refractivity contribution is 0.0943. The second-order valence-electron chi connectivity index (χ2n) is 4.17. The fraction of sp³-hybridized carbons (Fsp3) is 0.364. The Labute approximate surface area is 103 Å². The van der Waals surface area contributed by atoms with E-state index in [1.807, 2.05) is 6.07 Å². The van der Waals surface area contributed by atoms with E-state index in [4.69, 9.17) is 16.9 Å². The third-order valence-electron chi connectivity index (χ3n) is 2.04. The number of nitriles is 1. The van der Waals surface area contributed by atoms with Crippen LogP contribution in [-0.4, -0.2) is 17.4 Å². The van der Waals surface area contributed by atoms with Gasteiger partial charge < -0.3 is 5.32 Å². The van der Waals surface area contributed by atoms with E-state index in [0.29, 0.717) is 0 Å². The summed E-state index contributed by atoms with van der Waals surface area (Å²) in [6.45, 7) is 3.51. The third-order valence-corrected chi connectivity index (χ3v) is 2.35. The van der Waals surface area contributed by atoms with E-state index in [0.717, 1.165) is 12.3 Å². The first-order chi connectivity index (χ1) is 7.85. The van der Waals surface area contributed by atoms with Crippen LogP contribution in [0.4, 0.5) is 4.39 Å². The number of carbonyl (C=O) groups excluding carboxylic acids is 1. The van der Waals surface area contributed by atoms with Crippen molar-refractivity contribution in [2.24, 2.45) is 5.41 Å². The summed E-state index contributed by atoms with van der Waals surface area (Å²) in [5.41, 5.74) is -0.733. The van der Waals surface area contributed by atoms with Gasteiger partial charge in [0.2, 0.25) is 0 Å². The van der Waals surface area contributed by atoms with E-state index >= 15 is 0 Å². The molecule has 0 spiro atoms. The van der Waals surface area contributed by atoms with Crippen LogP contribution in [0.25, 0.3) is 0 Å². The highest BCUT2D eigenvalue weighted by Gasteiger charge is 2.19. The highest BCUT2D eigenvalue weighted by atomic mass is 35.5. The summed E-state index contributed by atoms with van der Waals surface area (Å²) >= 11 is 5.67. The molecule has 1 heterocycles. The number of rotatable bonds is 3. The molecule has 17 heavy (non-hydrogen) atoms. The Morgan fingerprint density at radius 1 is 1.71 bits per heavy atom. The lowest BCUT2D eigenvalue weighted by Gasteiger charge is -2.15. The maximum atomic E-state index is 12.9. The van der Waals surface area contributed by atoms with Crippen LogP contribution in [0.2, 0.25) is 5.15 Å². The standard InChI is InChI=1S/C11H11ClFN3O/c1-11(2,5-14)6-16-10(17)8-3-7(13)4-15-9(8)12/h3-4H,6H2,1-2H3,(H,16,17). The molecule has 0 saturated carbocycles. The van der Waals surface area contributed by atoms with Gasteiger partial charge in [0.15, 0.2) is 0 Å². The van der Waals surface area contributed by atoms with Crippen molar-refractivity contribution in [3.8, 4) is 6.07 Å². The molecule has 6 heteroatoms. The number of hydrogen-bond donors (Lipinski definition) is 1. The van der Waals surface area contributed by atoms with Crippen LogP contribution in [0.1, 0.15) is 24.2 Å². The zero-order valence-electron chi connectivity index (χ0n) is 9.42. The Bertz CT molecular complexity index is 482. The first-order valence-corrected chi connectivity index (χ1v) is 5.24. The molecule has 1 N–H and O–H groups in total. The molecule has 1 aromatic heterocycles. The first kappa shape index (κ1) is 13.4. The van der Waals surface area contributed by atoms with E-state index < -0.39 is 17.1 Å². The second-order valence-corrected chi connectivity index (χ2v) is 4.53. The van der Waals surface area contributed by atoms with E-state index in [1.165, 1.54) is 0 Å². The van der Waals surface area contributed by atoms with Gasteiger partial charge in [0.25, 0.3) is 5.91 Å². The van der Waals surface area contributed by atoms with Crippen molar-refractivity contribution < 1.29 is 9.18 Å².